The molecule has 1 N–H and O–H groups in total. The van der Waals surface area contributed by atoms with E-state index in [-0.39, 0.29) is 30.7 Å². The molecule has 0 radical (unpaired) electrons. The van der Waals surface area contributed by atoms with Gasteiger partial charge in [0.2, 0.25) is 0 Å². The van der Waals surface area contributed by atoms with Crippen LogP contribution >= 0.6 is 0 Å². The van der Waals surface area contributed by atoms with Crippen molar-refractivity contribution in [3.63, 3.8) is 0 Å². The fourth-order valence-corrected chi connectivity index (χ4v) is 3.78. The van der Waals surface area contributed by atoms with Gasteiger partial charge in [-0.1, -0.05) is 39.0 Å². The number of carbonyl (C=O) groups is 2. The fraction of sp³-hybridized carbons (Fsp3) is 0.360. The van der Waals surface area contributed by atoms with Crippen LogP contribution in [-0.2, 0) is 11.2 Å². The number of hydrogen-bond acceptors (Lipinski definition) is 3. The predicted octanol–water partition coefficient (Wildman–Crippen LogP) is 6.07. The van der Waals surface area contributed by atoms with Crippen molar-refractivity contribution in [2.75, 3.05) is 11.4 Å². The summed E-state index contributed by atoms with van der Waals surface area (Å²) in [5.41, 5.74) is 3.68. The first-order valence-corrected chi connectivity index (χ1v) is 10.6. The van der Waals surface area contributed by atoms with Gasteiger partial charge >= 0.3 is 5.97 Å². The van der Waals surface area contributed by atoms with Gasteiger partial charge in [0.15, 0.2) is 17.4 Å². The van der Waals surface area contributed by atoms with Crippen LogP contribution in [0.3, 0.4) is 0 Å². The van der Waals surface area contributed by atoms with Gasteiger partial charge < -0.3 is 10.0 Å². The lowest BCUT2D eigenvalue weighted by Gasteiger charge is -2.28. The molecular formula is C25H29F2NO3. The Morgan fingerprint density at radius 3 is 2.48 bits per heavy atom. The summed E-state index contributed by atoms with van der Waals surface area (Å²) >= 11 is 0. The second kappa shape index (κ2) is 10.8. The number of carboxylic acids is 1. The van der Waals surface area contributed by atoms with Crippen molar-refractivity contribution >= 4 is 17.4 Å². The zero-order valence-corrected chi connectivity index (χ0v) is 18.5. The number of ketones is 1. The quantitative estimate of drug-likeness (QED) is 0.605. The Labute approximate surface area is 182 Å². The van der Waals surface area contributed by atoms with E-state index in [9.17, 15) is 23.5 Å². The molecule has 0 saturated heterocycles. The van der Waals surface area contributed by atoms with E-state index in [0.717, 1.165) is 17.2 Å². The molecule has 0 aromatic heterocycles. The number of aryl methyl sites for hydroxylation is 2. The predicted molar refractivity (Wildman–Crippen MR) is 118 cm³/mol. The topological polar surface area (TPSA) is 57.6 Å². The molecule has 3 rings (SSSR count). The molecule has 0 fully saturated rings. The maximum absolute atomic E-state index is 14.1. The van der Waals surface area contributed by atoms with Crippen LogP contribution in [-0.4, -0.2) is 23.4 Å². The van der Waals surface area contributed by atoms with Crippen LogP contribution in [0.15, 0.2) is 47.7 Å². The summed E-state index contributed by atoms with van der Waals surface area (Å²) in [5, 5.41) is 9.50. The lowest BCUT2D eigenvalue weighted by molar-refractivity contribution is -0.135. The fourth-order valence-electron chi connectivity index (χ4n) is 3.78. The molecule has 1 aliphatic heterocycles. The number of fused-ring (bicyclic) bond motifs is 1. The largest absolute Gasteiger partial charge is 0.480 e. The van der Waals surface area contributed by atoms with Gasteiger partial charge in [0.1, 0.15) is 6.54 Å². The molecule has 0 amide bonds. The van der Waals surface area contributed by atoms with Crippen molar-refractivity contribution in [3.8, 4) is 0 Å². The number of benzene rings is 2. The lowest BCUT2D eigenvalue weighted by Crippen LogP contribution is -2.30. The molecular weight excluding hydrogens is 400 g/mol. The standard InChI is InChI=1S/C23H23F2NO3.C2H6/c1-3-15-12-21(27)17-9-7-14(2)11-20(17)26(13-22(28)29)19(15)10-8-16-5-4-6-18(24)23(16)25;1-2/h4-7,9,11H,3,8,10,12-13H2,1-2H3,(H,28,29);1-2H3. The van der Waals surface area contributed by atoms with Crippen molar-refractivity contribution in [3.05, 3.63) is 76.0 Å². The SMILES string of the molecule is CC.CCC1=C(CCc2cccc(F)c2F)N(CC(=O)O)c2cc(C)ccc2C(=O)C1. The van der Waals surface area contributed by atoms with Gasteiger partial charge in [-0.25, -0.2) is 8.78 Å². The van der Waals surface area contributed by atoms with Crippen LogP contribution in [0.25, 0.3) is 0 Å². The van der Waals surface area contributed by atoms with E-state index in [4.69, 9.17) is 0 Å². The minimum absolute atomic E-state index is 0.0702. The third-order valence-corrected chi connectivity index (χ3v) is 5.24. The Morgan fingerprint density at radius 1 is 1.13 bits per heavy atom. The Morgan fingerprint density at radius 2 is 1.84 bits per heavy atom. The number of nitrogens with zero attached hydrogens (tertiary/aromatic N) is 1. The first kappa shape index (κ1) is 24.3. The van der Waals surface area contributed by atoms with Gasteiger partial charge in [-0.15, -0.1) is 0 Å². The molecule has 6 heteroatoms. The van der Waals surface area contributed by atoms with Crippen molar-refractivity contribution < 1.29 is 23.5 Å². The normalized spacial score (nSPS) is 13.4. The minimum atomic E-state index is -1.03. The maximum atomic E-state index is 14.1. The molecule has 1 heterocycles. The lowest BCUT2D eigenvalue weighted by atomic mass is 9.98. The highest BCUT2D eigenvalue weighted by Crippen LogP contribution is 2.35. The Hall–Kier alpha value is -3.02. The van der Waals surface area contributed by atoms with Crippen molar-refractivity contribution in [1.29, 1.82) is 0 Å². The molecule has 2 aromatic rings. The Bertz CT molecular complexity index is 998. The summed E-state index contributed by atoms with van der Waals surface area (Å²) in [6, 6.07) is 9.39. The van der Waals surface area contributed by atoms with E-state index >= 15 is 0 Å². The molecule has 0 spiro atoms. The third kappa shape index (κ3) is 5.57. The van der Waals surface area contributed by atoms with Gasteiger partial charge in [-0.05, 0) is 61.1 Å². The van der Waals surface area contributed by atoms with Crippen LogP contribution in [0.2, 0.25) is 0 Å². The smallest absolute Gasteiger partial charge is 0.323 e. The number of Topliss-reactive ketones (excluding diaryl/α,β-unsaturated/α-hetero) is 1. The molecule has 31 heavy (non-hydrogen) atoms. The highest BCUT2D eigenvalue weighted by atomic mass is 19.2. The first-order valence-electron chi connectivity index (χ1n) is 10.6. The van der Waals surface area contributed by atoms with E-state index < -0.39 is 17.6 Å². The van der Waals surface area contributed by atoms with Gasteiger partial charge in [0.25, 0.3) is 0 Å². The van der Waals surface area contributed by atoms with Crippen LogP contribution in [0.4, 0.5) is 14.5 Å². The monoisotopic (exact) mass is 429 g/mol. The average molecular weight is 430 g/mol. The molecule has 166 valence electrons. The highest BCUT2D eigenvalue weighted by Gasteiger charge is 2.28. The number of hydrogen-bond donors (Lipinski definition) is 1. The number of aliphatic carboxylic acids is 1. The first-order chi connectivity index (χ1) is 14.8. The summed E-state index contributed by atoms with van der Waals surface area (Å²) in [5.74, 6) is -2.90. The molecule has 2 aromatic carbocycles. The minimum Gasteiger partial charge on any atom is -0.480 e. The summed E-state index contributed by atoms with van der Waals surface area (Å²) in [6.07, 6.45) is 1.25. The van der Waals surface area contributed by atoms with Crippen LogP contribution in [0.1, 0.15) is 61.5 Å². The van der Waals surface area contributed by atoms with Crippen LogP contribution in [0, 0.1) is 18.6 Å². The van der Waals surface area contributed by atoms with Gasteiger partial charge in [0.05, 0.1) is 5.69 Å². The maximum Gasteiger partial charge on any atom is 0.323 e. The van der Waals surface area contributed by atoms with Crippen molar-refractivity contribution in [2.24, 2.45) is 0 Å². The average Bonchev–Trinajstić information content (AvgIpc) is 2.85. The zero-order valence-electron chi connectivity index (χ0n) is 18.5. The number of anilines is 1. The van der Waals surface area contributed by atoms with Gasteiger partial charge in [-0.3, -0.25) is 9.59 Å². The second-order valence-electron chi connectivity index (χ2n) is 7.22. The second-order valence-corrected chi connectivity index (χ2v) is 7.22. The Kier molecular flexibility index (Phi) is 8.48. The van der Waals surface area contributed by atoms with E-state index in [1.165, 1.54) is 12.1 Å². The van der Waals surface area contributed by atoms with E-state index in [1.54, 1.807) is 17.0 Å². The number of carbonyl (C=O) groups excluding carboxylic acids is 1. The summed E-state index contributed by atoms with van der Waals surface area (Å²) in [6.45, 7) is 7.47. The summed E-state index contributed by atoms with van der Waals surface area (Å²) < 4.78 is 27.7. The van der Waals surface area contributed by atoms with E-state index in [2.05, 4.69) is 0 Å². The summed E-state index contributed by atoms with van der Waals surface area (Å²) in [7, 11) is 0. The molecule has 0 unspecified atom stereocenters. The van der Waals surface area contributed by atoms with E-state index in [0.29, 0.717) is 29.8 Å². The summed E-state index contributed by atoms with van der Waals surface area (Å²) in [4.78, 5) is 26.1. The molecule has 0 saturated carbocycles. The Balaban J connectivity index is 0.00000166. The van der Waals surface area contributed by atoms with Gasteiger partial charge in [0, 0.05) is 17.7 Å². The van der Waals surface area contributed by atoms with Crippen LogP contribution in [0.5, 0.6) is 0 Å². The van der Waals surface area contributed by atoms with Crippen LogP contribution < -0.4 is 4.90 Å². The number of carboxylic acid groups (broad SMARTS) is 1. The molecule has 0 aliphatic carbocycles. The number of rotatable bonds is 6. The van der Waals surface area contributed by atoms with Gasteiger partial charge in [-0.2, -0.15) is 0 Å². The number of halogens is 2. The third-order valence-electron chi connectivity index (χ3n) is 5.24. The molecule has 4 nitrogen and oxygen atoms in total. The van der Waals surface area contributed by atoms with Crippen molar-refractivity contribution in [2.45, 2.75) is 53.4 Å². The highest BCUT2D eigenvalue weighted by molar-refractivity contribution is 6.04. The molecule has 0 bridgehead atoms. The molecule has 1 aliphatic rings. The zero-order chi connectivity index (χ0) is 23.1. The van der Waals surface area contributed by atoms with E-state index in [1.807, 2.05) is 33.8 Å². The van der Waals surface area contributed by atoms with Crippen molar-refractivity contribution in [1.82, 2.24) is 0 Å². The molecule has 0 atom stereocenters. The number of allylic oxidation sites excluding steroid dienone is 2.